The second-order valence-corrected chi connectivity index (χ2v) is 7.06. The first-order valence-electron chi connectivity index (χ1n) is 8.94. The van der Waals surface area contributed by atoms with E-state index in [4.69, 9.17) is 16.3 Å². The smallest absolute Gasteiger partial charge is 0.342 e. The van der Waals surface area contributed by atoms with Crippen LogP contribution in [0, 0.1) is 19.7 Å². The lowest BCUT2D eigenvalue weighted by Crippen LogP contribution is -2.26. The van der Waals surface area contributed by atoms with Gasteiger partial charge in [-0.1, -0.05) is 54.1 Å². The maximum Gasteiger partial charge on any atom is 0.342 e. The monoisotopic (exact) mass is 411 g/mol. The Morgan fingerprint density at radius 1 is 1.00 bits per heavy atom. The van der Waals surface area contributed by atoms with Gasteiger partial charge in [-0.3, -0.25) is 4.79 Å². The second kappa shape index (κ2) is 8.88. The van der Waals surface area contributed by atoms with Gasteiger partial charge in [-0.25, -0.2) is 9.18 Å². The summed E-state index contributed by atoms with van der Waals surface area (Å²) in [5, 5.41) is 2.96. The molecule has 148 valence electrons. The lowest BCUT2D eigenvalue weighted by molar-refractivity contribution is -0.125. The number of hydrogen-bond acceptors (Lipinski definition) is 3. The van der Waals surface area contributed by atoms with Crippen LogP contribution < -0.4 is 5.32 Å². The summed E-state index contributed by atoms with van der Waals surface area (Å²) in [5.74, 6) is -2.30. The summed E-state index contributed by atoms with van der Waals surface area (Å²) in [5.41, 5.74) is 2.63. The lowest BCUT2D eigenvalue weighted by Gasteiger charge is -2.19. The minimum Gasteiger partial charge on any atom is -0.444 e. The van der Waals surface area contributed by atoms with Gasteiger partial charge in [-0.05, 0) is 49.2 Å². The van der Waals surface area contributed by atoms with Crippen molar-refractivity contribution in [1.82, 2.24) is 0 Å². The van der Waals surface area contributed by atoms with E-state index in [2.05, 4.69) is 5.32 Å². The van der Waals surface area contributed by atoms with E-state index in [0.717, 1.165) is 17.2 Å². The van der Waals surface area contributed by atoms with E-state index < -0.39 is 23.8 Å². The van der Waals surface area contributed by atoms with E-state index in [1.807, 2.05) is 32.0 Å². The highest BCUT2D eigenvalue weighted by Crippen LogP contribution is 2.25. The van der Waals surface area contributed by atoms with E-state index >= 15 is 0 Å². The van der Waals surface area contributed by atoms with Crippen molar-refractivity contribution in [1.29, 1.82) is 0 Å². The van der Waals surface area contributed by atoms with E-state index in [-0.39, 0.29) is 10.6 Å². The summed E-state index contributed by atoms with van der Waals surface area (Å²) in [6.07, 6.45) is -1.25. The topological polar surface area (TPSA) is 55.4 Å². The molecule has 0 unspecified atom stereocenters. The maximum absolute atomic E-state index is 14.1. The number of rotatable bonds is 5. The SMILES string of the molecule is Cc1ccc(C)c(NC(=O)[C@H](OC(=O)c2ccc(Cl)cc2F)c2ccccc2)c1. The fraction of sp³-hybridized carbons (Fsp3) is 0.130. The maximum atomic E-state index is 14.1. The predicted molar refractivity (Wildman–Crippen MR) is 111 cm³/mol. The first-order valence-corrected chi connectivity index (χ1v) is 9.32. The molecular weight excluding hydrogens is 393 g/mol. The van der Waals surface area contributed by atoms with Crippen molar-refractivity contribution in [2.24, 2.45) is 0 Å². The van der Waals surface area contributed by atoms with Gasteiger partial charge in [-0.2, -0.15) is 0 Å². The molecule has 1 N–H and O–H groups in total. The van der Waals surface area contributed by atoms with Crippen molar-refractivity contribution < 1.29 is 18.7 Å². The van der Waals surface area contributed by atoms with E-state index in [9.17, 15) is 14.0 Å². The number of carbonyl (C=O) groups excluding carboxylic acids is 2. The van der Waals surface area contributed by atoms with Crippen molar-refractivity contribution in [2.45, 2.75) is 20.0 Å². The van der Waals surface area contributed by atoms with Gasteiger partial charge in [0.2, 0.25) is 6.10 Å². The van der Waals surface area contributed by atoms with E-state index in [1.54, 1.807) is 30.3 Å². The number of aryl methyl sites for hydroxylation is 2. The molecule has 0 saturated carbocycles. The van der Waals surface area contributed by atoms with Gasteiger partial charge in [0.05, 0.1) is 5.56 Å². The van der Waals surface area contributed by atoms with Gasteiger partial charge in [0, 0.05) is 16.3 Å². The van der Waals surface area contributed by atoms with Crippen LogP contribution in [0.4, 0.5) is 10.1 Å². The third-order valence-electron chi connectivity index (χ3n) is 4.37. The molecule has 0 spiro atoms. The number of esters is 1. The largest absolute Gasteiger partial charge is 0.444 e. The number of amides is 1. The molecule has 0 saturated heterocycles. The molecule has 3 rings (SSSR count). The van der Waals surface area contributed by atoms with Crippen LogP contribution in [-0.4, -0.2) is 11.9 Å². The zero-order chi connectivity index (χ0) is 21.0. The van der Waals surface area contributed by atoms with Gasteiger partial charge in [0.15, 0.2) is 0 Å². The minimum absolute atomic E-state index is 0.159. The third kappa shape index (κ3) is 5.00. The normalized spacial score (nSPS) is 11.6. The number of halogens is 2. The molecule has 6 heteroatoms. The molecule has 0 aliphatic heterocycles. The Morgan fingerprint density at radius 2 is 1.72 bits per heavy atom. The highest BCUT2D eigenvalue weighted by Gasteiger charge is 2.27. The summed E-state index contributed by atoms with van der Waals surface area (Å²) in [6, 6.07) is 17.8. The molecule has 0 bridgehead atoms. The zero-order valence-corrected chi connectivity index (χ0v) is 16.7. The van der Waals surface area contributed by atoms with Gasteiger partial charge >= 0.3 is 5.97 Å². The zero-order valence-electron chi connectivity index (χ0n) is 15.9. The Hall–Kier alpha value is -3.18. The van der Waals surface area contributed by atoms with Crippen LogP contribution in [0.15, 0.2) is 66.7 Å². The lowest BCUT2D eigenvalue weighted by atomic mass is 10.1. The molecule has 0 radical (unpaired) electrons. The van der Waals surface area contributed by atoms with Crippen LogP contribution in [0.1, 0.15) is 33.2 Å². The molecule has 0 aliphatic carbocycles. The number of hydrogen-bond donors (Lipinski definition) is 1. The number of nitrogens with one attached hydrogen (secondary N) is 1. The average Bonchev–Trinajstić information content (AvgIpc) is 2.69. The van der Waals surface area contributed by atoms with Crippen molar-refractivity contribution in [3.63, 3.8) is 0 Å². The van der Waals surface area contributed by atoms with Gasteiger partial charge in [0.1, 0.15) is 5.82 Å². The molecule has 1 amide bonds. The number of anilines is 1. The molecule has 3 aromatic rings. The van der Waals surface area contributed by atoms with Crippen LogP contribution in [0.3, 0.4) is 0 Å². The van der Waals surface area contributed by atoms with E-state index in [1.165, 1.54) is 12.1 Å². The van der Waals surface area contributed by atoms with Crippen LogP contribution >= 0.6 is 11.6 Å². The Morgan fingerprint density at radius 3 is 2.41 bits per heavy atom. The standard InChI is InChI=1S/C23H19ClFNO3/c1-14-8-9-15(2)20(12-14)26-22(27)21(16-6-4-3-5-7-16)29-23(28)18-11-10-17(24)13-19(18)25/h3-13,21H,1-2H3,(H,26,27)/t21-/m1/s1. The Kier molecular flexibility index (Phi) is 6.29. The average molecular weight is 412 g/mol. The highest BCUT2D eigenvalue weighted by atomic mass is 35.5. The Balaban J connectivity index is 1.89. The van der Waals surface area contributed by atoms with Crippen molar-refractivity contribution in [3.05, 3.63) is 99.8 Å². The highest BCUT2D eigenvalue weighted by molar-refractivity contribution is 6.30. The molecular formula is C23H19ClFNO3. The molecule has 29 heavy (non-hydrogen) atoms. The molecule has 0 aromatic heterocycles. The van der Waals surface area contributed by atoms with Crippen LogP contribution in [0.25, 0.3) is 0 Å². The molecule has 4 nitrogen and oxygen atoms in total. The van der Waals surface area contributed by atoms with Gasteiger partial charge in [0.25, 0.3) is 5.91 Å². The summed E-state index contributed by atoms with van der Waals surface area (Å²) in [7, 11) is 0. The van der Waals surface area contributed by atoms with Crippen LogP contribution in [0.2, 0.25) is 5.02 Å². The number of benzene rings is 3. The Labute approximate surface area is 173 Å². The van der Waals surface area contributed by atoms with Gasteiger partial charge < -0.3 is 10.1 Å². The molecule has 1 atom stereocenters. The summed E-state index contributed by atoms with van der Waals surface area (Å²) in [4.78, 5) is 25.5. The summed E-state index contributed by atoms with van der Waals surface area (Å²) < 4.78 is 19.5. The molecule has 3 aromatic carbocycles. The van der Waals surface area contributed by atoms with Gasteiger partial charge in [-0.15, -0.1) is 0 Å². The fourth-order valence-corrected chi connectivity index (χ4v) is 2.95. The molecule has 0 fully saturated rings. The quantitative estimate of drug-likeness (QED) is 0.553. The first kappa shape index (κ1) is 20.6. The summed E-state index contributed by atoms with van der Waals surface area (Å²) in [6.45, 7) is 3.77. The van der Waals surface area contributed by atoms with Crippen LogP contribution in [0.5, 0.6) is 0 Å². The summed E-state index contributed by atoms with van der Waals surface area (Å²) >= 11 is 5.74. The van der Waals surface area contributed by atoms with Crippen molar-refractivity contribution >= 4 is 29.2 Å². The molecule has 0 heterocycles. The number of carbonyl (C=O) groups is 2. The minimum atomic E-state index is -1.25. The van der Waals surface area contributed by atoms with Crippen molar-refractivity contribution in [2.75, 3.05) is 5.32 Å². The predicted octanol–water partition coefficient (Wildman–Crippen LogP) is 5.63. The molecule has 0 aliphatic rings. The first-order chi connectivity index (χ1) is 13.8. The van der Waals surface area contributed by atoms with Crippen molar-refractivity contribution in [3.8, 4) is 0 Å². The van der Waals surface area contributed by atoms with E-state index in [0.29, 0.717) is 11.3 Å². The van der Waals surface area contributed by atoms with Crippen LogP contribution in [-0.2, 0) is 9.53 Å². The number of ether oxygens (including phenoxy) is 1. The second-order valence-electron chi connectivity index (χ2n) is 6.63. The third-order valence-corrected chi connectivity index (χ3v) is 4.60. The Bertz CT molecular complexity index is 1050. The fourth-order valence-electron chi connectivity index (χ4n) is 2.80.